The summed E-state index contributed by atoms with van der Waals surface area (Å²) in [7, 11) is -7.11. The van der Waals surface area contributed by atoms with Gasteiger partial charge in [-0.15, -0.1) is 0 Å². The zero-order valence-electron chi connectivity index (χ0n) is 18.5. The maximum atomic E-state index is 12.7. The summed E-state index contributed by atoms with van der Waals surface area (Å²) >= 11 is 0. The first kappa shape index (κ1) is 24.6. The first-order valence-corrected chi connectivity index (χ1v) is 14.0. The molecule has 0 unspecified atom stereocenters. The molecule has 1 atom stereocenters. The monoisotopic (exact) mass is 488 g/mol. The molecule has 9 nitrogen and oxygen atoms in total. The highest BCUT2D eigenvalue weighted by atomic mass is 32.2. The van der Waals surface area contributed by atoms with Gasteiger partial charge in [0, 0.05) is 17.9 Å². The van der Waals surface area contributed by atoms with Gasteiger partial charge in [0.1, 0.15) is 5.49 Å². The van der Waals surface area contributed by atoms with Crippen molar-refractivity contribution in [2.75, 3.05) is 29.8 Å². The summed E-state index contributed by atoms with van der Waals surface area (Å²) < 4.78 is 42.4. The Labute approximate surface area is 192 Å². The Kier molecular flexibility index (Phi) is 7.31. The summed E-state index contributed by atoms with van der Waals surface area (Å²) in [5, 5.41) is 2.64. The predicted molar refractivity (Wildman–Crippen MR) is 128 cm³/mol. The minimum atomic E-state index is -3.83. The van der Waals surface area contributed by atoms with E-state index >= 15 is 0 Å². The molecule has 1 aromatic heterocycles. The van der Waals surface area contributed by atoms with Crippen molar-refractivity contribution in [3.63, 3.8) is 0 Å². The fraction of sp³-hybridized carbons (Fsp3) is 0.227. The number of nitrogens with two attached hydrogens (primary N) is 1. The highest BCUT2D eigenvalue weighted by Crippen LogP contribution is 2.44. The Morgan fingerprint density at radius 2 is 1.76 bits per heavy atom. The van der Waals surface area contributed by atoms with Gasteiger partial charge in [0.05, 0.1) is 23.4 Å². The van der Waals surface area contributed by atoms with Crippen molar-refractivity contribution in [3.8, 4) is 11.3 Å². The molecule has 0 spiro atoms. The van der Waals surface area contributed by atoms with Gasteiger partial charge in [-0.1, -0.05) is 29.8 Å². The maximum absolute atomic E-state index is 12.7. The van der Waals surface area contributed by atoms with E-state index in [1.54, 1.807) is 6.92 Å². The van der Waals surface area contributed by atoms with Crippen LogP contribution in [0.5, 0.6) is 0 Å². The molecule has 1 heterocycles. The van der Waals surface area contributed by atoms with Crippen LogP contribution in [-0.2, 0) is 18.9 Å². The van der Waals surface area contributed by atoms with Crippen molar-refractivity contribution in [1.29, 1.82) is 0 Å². The third-order valence-corrected chi connectivity index (χ3v) is 9.67. The number of aromatic nitrogens is 2. The van der Waals surface area contributed by atoms with Gasteiger partial charge in [-0.2, -0.15) is 0 Å². The highest BCUT2D eigenvalue weighted by molar-refractivity contribution is 7.98. The lowest BCUT2D eigenvalue weighted by molar-refractivity contribution is 0.102. The Bertz CT molecular complexity index is 1310. The minimum Gasteiger partial charge on any atom is -0.382 e. The van der Waals surface area contributed by atoms with E-state index in [1.807, 2.05) is 31.2 Å². The molecule has 0 saturated carbocycles. The maximum Gasteiger partial charge on any atom is 0.278 e. The van der Waals surface area contributed by atoms with Crippen molar-refractivity contribution < 1.29 is 22.3 Å². The molecule has 11 heteroatoms. The molecule has 0 radical (unpaired) electrons. The molecular formula is C22H25N4O5PS. The van der Waals surface area contributed by atoms with Gasteiger partial charge in [0.2, 0.25) is 7.37 Å². The number of hydrogen-bond acceptors (Lipinski definition) is 8. The molecule has 1 amide bonds. The average Bonchev–Trinajstić information content (AvgIpc) is 2.74. The van der Waals surface area contributed by atoms with Gasteiger partial charge in [0.25, 0.3) is 5.91 Å². The Balaban J connectivity index is 1.78. The largest absolute Gasteiger partial charge is 0.382 e. The summed E-state index contributed by atoms with van der Waals surface area (Å²) in [5.41, 5.74) is 7.92. The van der Waals surface area contributed by atoms with E-state index in [9.17, 15) is 17.8 Å². The SMILES string of the molecule is CCO[P@@](C)(=O)CS(=O)(=O)c1ccc(NC(=O)c2nc(-c3ccc(C)cc3)cnc2N)cc1. The molecule has 0 fully saturated rings. The number of sulfone groups is 1. The number of hydrogen-bond donors (Lipinski definition) is 2. The smallest absolute Gasteiger partial charge is 0.278 e. The van der Waals surface area contributed by atoms with Crippen LogP contribution in [0, 0.1) is 6.92 Å². The third-order valence-electron chi connectivity index (χ3n) is 4.64. The van der Waals surface area contributed by atoms with E-state index in [4.69, 9.17) is 10.3 Å². The van der Waals surface area contributed by atoms with Crippen molar-refractivity contribution in [1.82, 2.24) is 9.97 Å². The van der Waals surface area contributed by atoms with Crippen molar-refractivity contribution in [2.24, 2.45) is 0 Å². The molecule has 33 heavy (non-hydrogen) atoms. The standard InChI is InChI=1S/C22H25N4O5PS/c1-4-31-32(3,28)14-33(29,30)18-11-9-17(10-12-18)25-22(27)20-21(23)24-13-19(26-20)16-7-5-15(2)6-8-16/h5-13H,4,14H2,1-3H3,(H2,23,24)(H,25,27)/t32-/m1/s1. The number of nitrogens with one attached hydrogen (secondary N) is 1. The van der Waals surface area contributed by atoms with Crippen LogP contribution in [0.2, 0.25) is 0 Å². The minimum absolute atomic E-state index is 0.0250. The molecule has 3 aromatic rings. The van der Waals surface area contributed by atoms with Crippen molar-refractivity contribution in [3.05, 3.63) is 66.0 Å². The van der Waals surface area contributed by atoms with Crippen molar-refractivity contribution >= 4 is 34.6 Å². The van der Waals surface area contributed by atoms with Gasteiger partial charge in [-0.3, -0.25) is 9.36 Å². The second kappa shape index (κ2) is 9.82. The lowest BCUT2D eigenvalue weighted by Crippen LogP contribution is -2.17. The Morgan fingerprint density at radius 1 is 1.12 bits per heavy atom. The summed E-state index contributed by atoms with van der Waals surface area (Å²) in [5.74, 6) is -0.615. The van der Waals surface area contributed by atoms with Gasteiger partial charge in [0.15, 0.2) is 21.3 Å². The number of carbonyl (C=O) groups is 1. The third kappa shape index (κ3) is 6.25. The Hall–Kier alpha value is -3.07. The molecular weight excluding hydrogens is 463 g/mol. The second-order valence-electron chi connectivity index (χ2n) is 7.51. The number of carbonyl (C=O) groups excluding carboxylic acids is 1. The van der Waals surface area contributed by atoms with E-state index in [2.05, 4.69) is 15.3 Å². The number of aryl methyl sites for hydroxylation is 1. The zero-order valence-corrected chi connectivity index (χ0v) is 20.2. The predicted octanol–water partition coefficient (Wildman–Crippen LogP) is 3.96. The highest BCUT2D eigenvalue weighted by Gasteiger charge is 2.27. The van der Waals surface area contributed by atoms with Crippen LogP contribution in [0.15, 0.2) is 59.6 Å². The zero-order chi connectivity index (χ0) is 24.2. The van der Waals surface area contributed by atoms with Crippen LogP contribution in [-0.4, -0.2) is 43.1 Å². The summed E-state index contributed by atoms with van der Waals surface area (Å²) in [4.78, 5) is 21.1. The van der Waals surface area contributed by atoms with Crippen LogP contribution in [0.3, 0.4) is 0 Å². The van der Waals surface area contributed by atoms with Gasteiger partial charge >= 0.3 is 0 Å². The molecule has 2 aromatic carbocycles. The van der Waals surface area contributed by atoms with E-state index in [1.165, 1.54) is 37.1 Å². The number of amides is 1. The summed E-state index contributed by atoms with van der Waals surface area (Å²) in [6.45, 7) is 5.06. The first-order chi connectivity index (χ1) is 15.5. The van der Waals surface area contributed by atoms with Crippen LogP contribution in [0.1, 0.15) is 23.0 Å². The van der Waals surface area contributed by atoms with Crippen LogP contribution < -0.4 is 11.1 Å². The topological polar surface area (TPSA) is 141 Å². The normalized spacial score (nSPS) is 13.3. The van der Waals surface area contributed by atoms with Crippen molar-refractivity contribution in [2.45, 2.75) is 18.7 Å². The lowest BCUT2D eigenvalue weighted by atomic mass is 10.1. The van der Waals surface area contributed by atoms with Crippen LogP contribution in [0.4, 0.5) is 11.5 Å². The van der Waals surface area contributed by atoms with Gasteiger partial charge in [-0.25, -0.2) is 18.4 Å². The average molecular weight is 489 g/mol. The van der Waals surface area contributed by atoms with Crippen LogP contribution >= 0.6 is 7.37 Å². The molecule has 0 saturated heterocycles. The van der Waals surface area contributed by atoms with Crippen LogP contribution in [0.25, 0.3) is 11.3 Å². The van der Waals surface area contributed by atoms with Gasteiger partial charge < -0.3 is 15.6 Å². The summed E-state index contributed by atoms with van der Waals surface area (Å²) in [6.07, 6.45) is 1.49. The molecule has 174 valence electrons. The molecule has 3 N–H and O–H groups in total. The van der Waals surface area contributed by atoms with Gasteiger partial charge in [-0.05, 0) is 38.1 Å². The Morgan fingerprint density at radius 3 is 2.36 bits per heavy atom. The molecule has 0 aliphatic carbocycles. The first-order valence-electron chi connectivity index (χ1n) is 10.1. The van der Waals surface area contributed by atoms with E-state index in [0.717, 1.165) is 11.1 Å². The fourth-order valence-electron chi connectivity index (χ4n) is 3.06. The fourth-order valence-corrected chi connectivity index (χ4v) is 7.52. The number of nitrogen functional groups attached to an aromatic ring is 1. The van der Waals surface area contributed by atoms with E-state index < -0.39 is 28.6 Å². The molecule has 0 bridgehead atoms. The number of benzene rings is 2. The molecule has 0 aliphatic rings. The quantitative estimate of drug-likeness (QED) is 0.454. The molecule has 0 aliphatic heterocycles. The van der Waals surface area contributed by atoms with E-state index in [-0.39, 0.29) is 23.0 Å². The molecule has 3 rings (SSSR count). The second-order valence-corrected chi connectivity index (χ2v) is 12.5. The summed E-state index contributed by atoms with van der Waals surface area (Å²) in [6, 6.07) is 13.1. The number of rotatable bonds is 8. The number of anilines is 2. The lowest BCUT2D eigenvalue weighted by Gasteiger charge is -2.13. The van der Waals surface area contributed by atoms with E-state index in [0.29, 0.717) is 11.4 Å². The number of nitrogens with zero attached hydrogens (tertiary/aromatic N) is 2.